The lowest BCUT2D eigenvalue weighted by Gasteiger charge is -2.16. The van der Waals surface area contributed by atoms with E-state index in [0.717, 1.165) is 5.56 Å². The van der Waals surface area contributed by atoms with Crippen LogP contribution in [0.15, 0.2) is 36.4 Å². The Hall–Kier alpha value is -3.71. The van der Waals surface area contributed by atoms with E-state index in [1.165, 1.54) is 6.07 Å². The Kier molecular flexibility index (Phi) is 7.24. The van der Waals surface area contributed by atoms with E-state index in [1.54, 1.807) is 38.5 Å². The summed E-state index contributed by atoms with van der Waals surface area (Å²) in [6, 6.07) is 14.2. The molecule has 0 heterocycles. The van der Waals surface area contributed by atoms with Gasteiger partial charge in [-0.3, -0.25) is 4.79 Å². The number of rotatable bonds is 8. The van der Waals surface area contributed by atoms with Gasteiger partial charge in [-0.25, -0.2) is 0 Å². The third-order valence-corrected chi connectivity index (χ3v) is 4.09. The molecule has 0 aliphatic heterocycles. The van der Waals surface area contributed by atoms with Crippen molar-refractivity contribution in [1.29, 1.82) is 10.5 Å². The van der Waals surface area contributed by atoms with Crippen molar-refractivity contribution in [2.24, 2.45) is 0 Å². The highest BCUT2D eigenvalue weighted by molar-refractivity contribution is 6.00. The number of amides is 1. The van der Waals surface area contributed by atoms with Crippen LogP contribution in [0.4, 0.5) is 5.69 Å². The number of anilines is 1. The van der Waals surface area contributed by atoms with Gasteiger partial charge in [-0.05, 0) is 42.8 Å². The van der Waals surface area contributed by atoms with Gasteiger partial charge < -0.3 is 20.1 Å². The zero-order valence-electron chi connectivity index (χ0n) is 16.1. The number of nitriles is 2. The fraction of sp³-hybridized carbons (Fsp3) is 0.286. The number of hydrogen-bond donors (Lipinski definition) is 2. The van der Waals surface area contributed by atoms with E-state index in [2.05, 4.69) is 16.7 Å². The van der Waals surface area contributed by atoms with Crippen molar-refractivity contribution in [3.05, 3.63) is 53.1 Å². The second-order valence-electron chi connectivity index (χ2n) is 6.15. The maximum Gasteiger partial charge on any atom is 0.253 e. The van der Waals surface area contributed by atoms with E-state index in [0.29, 0.717) is 34.7 Å². The Labute approximate surface area is 164 Å². The molecular formula is C21H22N4O3. The molecule has 0 aliphatic rings. The highest BCUT2D eigenvalue weighted by Crippen LogP contribution is 2.27. The summed E-state index contributed by atoms with van der Waals surface area (Å²) in [5.41, 5.74) is 2.15. The van der Waals surface area contributed by atoms with E-state index in [1.807, 2.05) is 19.1 Å². The molecule has 0 spiro atoms. The molecule has 0 aromatic heterocycles. The minimum absolute atomic E-state index is 0.129. The molecule has 0 saturated carbocycles. The van der Waals surface area contributed by atoms with Crippen molar-refractivity contribution < 1.29 is 14.3 Å². The number of nitrogens with one attached hydrogen (secondary N) is 2. The number of benzene rings is 2. The van der Waals surface area contributed by atoms with Gasteiger partial charge in [0.1, 0.15) is 0 Å². The smallest absolute Gasteiger partial charge is 0.253 e. The predicted octanol–water partition coefficient (Wildman–Crippen LogP) is 3.22. The molecule has 1 atom stereocenters. The standard InChI is InChI=1S/C21H22N4O3/c1-14(8-9-22)25-18-6-4-15(12-23)10-17(18)21(26)24-13-16-5-7-19(27-2)20(11-16)28-3/h4-7,10-11,14,25H,8,13H2,1-3H3,(H,24,26). The van der Waals surface area contributed by atoms with Crippen molar-refractivity contribution in [3.8, 4) is 23.6 Å². The minimum Gasteiger partial charge on any atom is -0.493 e. The maximum atomic E-state index is 12.7. The van der Waals surface area contributed by atoms with Gasteiger partial charge in [0.05, 0.1) is 43.9 Å². The first-order valence-electron chi connectivity index (χ1n) is 8.69. The lowest BCUT2D eigenvalue weighted by Crippen LogP contribution is -2.25. The molecule has 0 aliphatic carbocycles. The molecule has 7 heteroatoms. The quantitative estimate of drug-likeness (QED) is 0.730. The largest absolute Gasteiger partial charge is 0.493 e. The van der Waals surface area contributed by atoms with Crippen molar-refractivity contribution in [3.63, 3.8) is 0 Å². The second kappa shape index (κ2) is 9.84. The van der Waals surface area contributed by atoms with E-state index < -0.39 is 0 Å². The zero-order valence-corrected chi connectivity index (χ0v) is 16.1. The Morgan fingerprint density at radius 1 is 1.11 bits per heavy atom. The fourth-order valence-corrected chi connectivity index (χ4v) is 2.65. The molecular weight excluding hydrogens is 356 g/mol. The van der Waals surface area contributed by atoms with Gasteiger partial charge in [0.15, 0.2) is 11.5 Å². The first-order chi connectivity index (χ1) is 13.5. The van der Waals surface area contributed by atoms with Gasteiger partial charge in [0.25, 0.3) is 5.91 Å². The lowest BCUT2D eigenvalue weighted by molar-refractivity contribution is 0.0951. The van der Waals surface area contributed by atoms with Crippen LogP contribution in [0.5, 0.6) is 11.5 Å². The molecule has 2 aromatic rings. The Bertz CT molecular complexity index is 928. The normalized spacial score (nSPS) is 10.9. The van der Waals surface area contributed by atoms with Crippen LogP contribution in [0.1, 0.15) is 34.8 Å². The molecule has 1 amide bonds. The average Bonchev–Trinajstić information content (AvgIpc) is 2.72. The topological polar surface area (TPSA) is 107 Å². The fourth-order valence-electron chi connectivity index (χ4n) is 2.65. The van der Waals surface area contributed by atoms with Crippen LogP contribution in [-0.4, -0.2) is 26.2 Å². The minimum atomic E-state index is -0.321. The SMILES string of the molecule is COc1ccc(CNC(=O)c2cc(C#N)ccc2NC(C)CC#N)cc1OC. The van der Waals surface area contributed by atoms with Gasteiger partial charge >= 0.3 is 0 Å². The van der Waals surface area contributed by atoms with Crippen LogP contribution in [0.2, 0.25) is 0 Å². The van der Waals surface area contributed by atoms with Gasteiger partial charge in [0.2, 0.25) is 0 Å². The summed E-state index contributed by atoms with van der Waals surface area (Å²) in [7, 11) is 3.11. The number of carbonyl (C=O) groups is 1. The summed E-state index contributed by atoms with van der Waals surface area (Å²) in [4.78, 5) is 12.7. The summed E-state index contributed by atoms with van der Waals surface area (Å²) in [6.45, 7) is 2.13. The van der Waals surface area contributed by atoms with Crippen LogP contribution in [-0.2, 0) is 6.54 Å². The molecule has 0 radical (unpaired) electrons. The summed E-state index contributed by atoms with van der Waals surface area (Å²) >= 11 is 0. The monoisotopic (exact) mass is 378 g/mol. The Morgan fingerprint density at radius 3 is 2.50 bits per heavy atom. The van der Waals surface area contributed by atoms with Crippen LogP contribution in [0.25, 0.3) is 0 Å². The van der Waals surface area contributed by atoms with Gasteiger partial charge in [-0.15, -0.1) is 0 Å². The van der Waals surface area contributed by atoms with E-state index in [9.17, 15) is 4.79 Å². The summed E-state index contributed by atoms with van der Waals surface area (Å²) in [6.07, 6.45) is 0.298. The molecule has 2 rings (SSSR count). The molecule has 2 N–H and O–H groups in total. The van der Waals surface area contributed by atoms with Crippen LogP contribution < -0.4 is 20.1 Å². The summed E-state index contributed by atoms with van der Waals surface area (Å²) in [5, 5.41) is 24.0. The number of methoxy groups -OCH3 is 2. The second-order valence-corrected chi connectivity index (χ2v) is 6.15. The molecule has 7 nitrogen and oxygen atoms in total. The molecule has 0 fully saturated rings. The first-order valence-corrected chi connectivity index (χ1v) is 8.69. The average molecular weight is 378 g/mol. The predicted molar refractivity (Wildman–Crippen MR) is 105 cm³/mol. The maximum absolute atomic E-state index is 12.7. The third-order valence-electron chi connectivity index (χ3n) is 4.09. The summed E-state index contributed by atoms with van der Waals surface area (Å²) in [5.74, 6) is 0.865. The van der Waals surface area contributed by atoms with E-state index in [4.69, 9.17) is 20.0 Å². The van der Waals surface area contributed by atoms with Crippen LogP contribution >= 0.6 is 0 Å². The zero-order chi connectivity index (χ0) is 20.5. The third kappa shape index (κ3) is 5.15. The van der Waals surface area contributed by atoms with Crippen molar-refractivity contribution in [2.75, 3.05) is 19.5 Å². The first kappa shape index (κ1) is 20.6. The lowest BCUT2D eigenvalue weighted by atomic mass is 10.1. The number of nitrogens with zero attached hydrogens (tertiary/aromatic N) is 2. The van der Waals surface area contributed by atoms with Gasteiger partial charge in [0, 0.05) is 18.3 Å². The summed E-state index contributed by atoms with van der Waals surface area (Å²) < 4.78 is 10.5. The molecule has 144 valence electrons. The molecule has 28 heavy (non-hydrogen) atoms. The van der Waals surface area contributed by atoms with Crippen LogP contribution in [0, 0.1) is 22.7 Å². The number of hydrogen-bond acceptors (Lipinski definition) is 6. The Morgan fingerprint density at radius 2 is 1.86 bits per heavy atom. The van der Waals surface area contributed by atoms with Crippen molar-refractivity contribution in [2.45, 2.75) is 25.9 Å². The Balaban J connectivity index is 2.19. The highest BCUT2D eigenvalue weighted by Gasteiger charge is 2.15. The highest BCUT2D eigenvalue weighted by atomic mass is 16.5. The molecule has 0 saturated heterocycles. The van der Waals surface area contributed by atoms with E-state index >= 15 is 0 Å². The van der Waals surface area contributed by atoms with Crippen LogP contribution in [0.3, 0.4) is 0 Å². The number of ether oxygens (including phenoxy) is 2. The van der Waals surface area contributed by atoms with Gasteiger partial charge in [-0.2, -0.15) is 10.5 Å². The number of carbonyl (C=O) groups excluding carboxylic acids is 1. The van der Waals surface area contributed by atoms with Gasteiger partial charge in [-0.1, -0.05) is 6.07 Å². The van der Waals surface area contributed by atoms with Crippen molar-refractivity contribution in [1.82, 2.24) is 5.32 Å². The molecule has 2 aromatic carbocycles. The van der Waals surface area contributed by atoms with Crippen molar-refractivity contribution >= 4 is 11.6 Å². The van der Waals surface area contributed by atoms with E-state index in [-0.39, 0.29) is 18.5 Å². The molecule has 0 bridgehead atoms. The molecule has 1 unspecified atom stereocenters.